The SMILES string of the molecule is O=C(Nc1cccc(Oc2ccc3nc(NC(=O)C4CC4)cn3n2)c1)c1nccs1. The van der Waals surface area contributed by atoms with Gasteiger partial charge in [0.1, 0.15) is 5.75 Å². The van der Waals surface area contributed by atoms with Gasteiger partial charge in [-0.05, 0) is 31.0 Å². The van der Waals surface area contributed by atoms with Crippen LogP contribution < -0.4 is 15.4 Å². The fourth-order valence-corrected chi connectivity index (χ4v) is 3.36. The zero-order valence-corrected chi connectivity index (χ0v) is 16.4. The molecule has 0 atom stereocenters. The Morgan fingerprint density at radius 1 is 1.17 bits per heavy atom. The highest BCUT2D eigenvalue weighted by atomic mass is 32.1. The molecule has 0 spiro atoms. The van der Waals surface area contributed by atoms with Crippen molar-refractivity contribution in [3.8, 4) is 11.6 Å². The summed E-state index contributed by atoms with van der Waals surface area (Å²) in [4.78, 5) is 32.4. The molecule has 1 fully saturated rings. The van der Waals surface area contributed by atoms with Crippen molar-refractivity contribution in [1.82, 2.24) is 19.6 Å². The summed E-state index contributed by atoms with van der Waals surface area (Å²) in [6.07, 6.45) is 5.09. The minimum Gasteiger partial charge on any atom is -0.438 e. The first-order valence-corrected chi connectivity index (χ1v) is 10.2. The van der Waals surface area contributed by atoms with Crippen LogP contribution in [0.5, 0.6) is 11.6 Å². The number of nitrogens with one attached hydrogen (secondary N) is 2. The normalized spacial score (nSPS) is 13.2. The number of fused-ring (bicyclic) bond motifs is 1. The molecule has 0 bridgehead atoms. The van der Waals surface area contributed by atoms with E-state index >= 15 is 0 Å². The number of ether oxygens (including phenoxy) is 1. The number of anilines is 2. The highest BCUT2D eigenvalue weighted by Crippen LogP contribution is 2.30. The molecule has 9 nitrogen and oxygen atoms in total. The van der Waals surface area contributed by atoms with Gasteiger partial charge >= 0.3 is 0 Å². The van der Waals surface area contributed by atoms with E-state index in [2.05, 4.69) is 25.7 Å². The Morgan fingerprint density at radius 3 is 2.87 bits per heavy atom. The van der Waals surface area contributed by atoms with Gasteiger partial charge in [0, 0.05) is 35.3 Å². The first-order chi connectivity index (χ1) is 14.6. The summed E-state index contributed by atoms with van der Waals surface area (Å²) in [6.45, 7) is 0. The topological polar surface area (TPSA) is 111 Å². The molecule has 4 aromatic rings. The zero-order chi connectivity index (χ0) is 20.5. The Hall–Kier alpha value is -3.79. The van der Waals surface area contributed by atoms with Gasteiger partial charge in [-0.15, -0.1) is 16.4 Å². The number of carbonyl (C=O) groups is 2. The Labute approximate surface area is 174 Å². The molecule has 5 rings (SSSR count). The first kappa shape index (κ1) is 18.3. The van der Waals surface area contributed by atoms with Crippen LogP contribution in [0, 0.1) is 5.92 Å². The third kappa shape index (κ3) is 3.98. The standard InChI is InChI=1S/C20H16N6O3S/c27-18(12-4-5-12)24-15-11-26-16(23-15)6-7-17(25-26)29-14-3-1-2-13(10-14)22-19(28)20-21-8-9-30-20/h1-3,6-12H,4-5H2,(H,22,28)(H,24,27). The Bertz CT molecular complexity index is 1230. The molecule has 0 unspecified atom stereocenters. The van der Waals surface area contributed by atoms with Crippen LogP contribution in [0.3, 0.4) is 0 Å². The molecule has 2 amide bonds. The van der Waals surface area contributed by atoms with E-state index in [1.165, 1.54) is 11.3 Å². The van der Waals surface area contributed by atoms with Gasteiger partial charge in [-0.25, -0.2) is 14.5 Å². The number of amides is 2. The Morgan fingerprint density at radius 2 is 2.07 bits per heavy atom. The van der Waals surface area contributed by atoms with Gasteiger partial charge in [0.2, 0.25) is 11.8 Å². The van der Waals surface area contributed by atoms with Crippen molar-refractivity contribution in [3.05, 3.63) is 59.2 Å². The van der Waals surface area contributed by atoms with E-state index in [1.54, 1.807) is 58.7 Å². The Kier molecular flexibility index (Phi) is 4.60. The van der Waals surface area contributed by atoms with Crippen molar-refractivity contribution in [3.63, 3.8) is 0 Å². The lowest BCUT2D eigenvalue weighted by Crippen LogP contribution is -2.13. The summed E-state index contributed by atoms with van der Waals surface area (Å²) in [6, 6.07) is 10.4. The van der Waals surface area contributed by atoms with Crippen LogP contribution in [-0.2, 0) is 4.79 Å². The maximum atomic E-state index is 12.2. The predicted molar refractivity (Wildman–Crippen MR) is 111 cm³/mol. The van der Waals surface area contributed by atoms with Crippen LogP contribution in [0.2, 0.25) is 0 Å². The predicted octanol–water partition coefficient (Wildman–Crippen LogP) is 3.58. The molecule has 0 aliphatic heterocycles. The molecule has 3 aromatic heterocycles. The number of carbonyl (C=O) groups excluding carboxylic acids is 2. The number of aromatic nitrogens is 4. The van der Waals surface area contributed by atoms with Gasteiger partial charge in [-0.3, -0.25) is 9.59 Å². The van der Waals surface area contributed by atoms with Gasteiger partial charge in [0.05, 0.1) is 6.20 Å². The lowest BCUT2D eigenvalue weighted by atomic mass is 10.3. The summed E-state index contributed by atoms with van der Waals surface area (Å²) >= 11 is 1.27. The number of hydrogen-bond acceptors (Lipinski definition) is 7. The number of rotatable bonds is 6. The summed E-state index contributed by atoms with van der Waals surface area (Å²) in [5, 5.41) is 12.1. The van der Waals surface area contributed by atoms with E-state index in [9.17, 15) is 9.59 Å². The van der Waals surface area contributed by atoms with E-state index in [0.717, 1.165) is 12.8 Å². The van der Waals surface area contributed by atoms with Crippen LogP contribution in [-0.4, -0.2) is 31.4 Å². The zero-order valence-electron chi connectivity index (χ0n) is 15.6. The van der Waals surface area contributed by atoms with Gasteiger partial charge in [0.15, 0.2) is 16.5 Å². The molecule has 0 radical (unpaired) electrons. The molecule has 2 N–H and O–H groups in total. The minimum absolute atomic E-state index is 0.00788. The Balaban J connectivity index is 1.30. The lowest BCUT2D eigenvalue weighted by molar-refractivity contribution is -0.117. The van der Waals surface area contributed by atoms with Crippen LogP contribution in [0.15, 0.2) is 54.2 Å². The second-order valence-electron chi connectivity index (χ2n) is 6.79. The van der Waals surface area contributed by atoms with Gasteiger partial charge in [0.25, 0.3) is 5.91 Å². The van der Waals surface area contributed by atoms with Crippen LogP contribution >= 0.6 is 11.3 Å². The van der Waals surface area contributed by atoms with E-state index in [-0.39, 0.29) is 17.7 Å². The van der Waals surface area contributed by atoms with Crippen molar-refractivity contribution in [2.75, 3.05) is 10.6 Å². The van der Waals surface area contributed by atoms with Crippen LogP contribution in [0.25, 0.3) is 5.65 Å². The molecule has 10 heteroatoms. The fourth-order valence-electron chi connectivity index (χ4n) is 2.83. The number of hydrogen-bond donors (Lipinski definition) is 2. The number of imidazole rings is 1. The van der Waals surface area contributed by atoms with Gasteiger partial charge in [-0.2, -0.15) is 0 Å². The minimum atomic E-state index is -0.277. The molecule has 0 saturated heterocycles. The van der Waals surface area contributed by atoms with Gasteiger partial charge < -0.3 is 15.4 Å². The monoisotopic (exact) mass is 420 g/mol. The molecule has 150 valence electrons. The van der Waals surface area contributed by atoms with Crippen LogP contribution in [0.1, 0.15) is 22.6 Å². The third-order valence-electron chi connectivity index (χ3n) is 4.44. The van der Waals surface area contributed by atoms with Crippen molar-refractivity contribution in [2.24, 2.45) is 5.92 Å². The van der Waals surface area contributed by atoms with E-state index in [1.807, 2.05) is 0 Å². The summed E-state index contributed by atoms with van der Waals surface area (Å²) in [5.74, 6) is 1.14. The average molecular weight is 420 g/mol. The largest absolute Gasteiger partial charge is 0.438 e. The second kappa shape index (κ2) is 7.56. The number of nitrogens with zero attached hydrogens (tertiary/aromatic N) is 4. The molecule has 1 saturated carbocycles. The van der Waals surface area contributed by atoms with E-state index < -0.39 is 0 Å². The van der Waals surface area contributed by atoms with E-state index in [0.29, 0.717) is 33.8 Å². The van der Waals surface area contributed by atoms with Gasteiger partial charge in [-0.1, -0.05) is 6.07 Å². The van der Waals surface area contributed by atoms with Crippen molar-refractivity contribution in [1.29, 1.82) is 0 Å². The first-order valence-electron chi connectivity index (χ1n) is 9.30. The fraction of sp³-hybridized carbons (Fsp3) is 0.150. The molecule has 3 heterocycles. The number of benzene rings is 1. The smallest absolute Gasteiger partial charge is 0.284 e. The third-order valence-corrected chi connectivity index (χ3v) is 5.21. The van der Waals surface area contributed by atoms with Crippen molar-refractivity contribution in [2.45, 2.75) is 12.8 Å². The summed E-state index contributed by atoms with van der Waals surface area (Å²) < 4.78 is 7.37. The highest BCUT2D eigenvalue weighted by Gasteiger charge is 2.30. The van der Waals surface area contributed by atoms with E-state index in [4.69, 9.17) is 4.74 Å². The highest BCUT2D eigenvalue weighted by molar-refractivity contribution is 7.11. The maximum Gasteiger partial charge on any atom is 0.284 e. The average Bonchev–Trinajstić information content (AvgIpc) is 3.29. The second-order valence-corrected chi connectivity index (χ2v) is 7.68. The molecule has 30 heavy (non-hydrogen) atoms. The molecular formula is C20H16N6O3S. The maximum absolute atomic E-state index is 12.2. The quantitative estimate of drug-likeness (QED) is 0.493. The molecule has 1 aliphatic rings. The lowest BCUT2D eigenvalue weighted by Gasteiger charge is -2.07. The molecular weight excluding hydrogens is 404 g/mol. The summed E-state index contributed by atoms with van der Waals surface area (Å²) in [5.41, 5.74) is 1.18. The van der Waals surface area contributed by atoms with Crippen molar-refractivity contribution >= 4 is 40.3 Å². The molecule has 1 aliphatic carbocycles. The molecule has 1 aromatic carbocycles. The van der Waals surface area contributed by atoms with Crippen molar-refractivity contribution < 1.29 is 14.3 Å². The number of thiazole rings is 1. The van der Waals surface area contributed by atoms with Crippen LogP contribution in [0.4, 0.5) is 11.5 Å². The summed E-state index contributed by atoms with van der Waals surface area (Å²) in [7, 11) is 0.